The maximum atomic E-state index is 12.0. The summed E-state index contributed by atoms with van der Waals surface area (Å²) in [5.74, 6) is 2.32. The van der Waals surface area contributed by atoms with Crippen LogP contribution in [-0.4, -0.2) is 32.9 Å². The average molecular weight is 272 g/mol. The van der Waals surface area contributed by atoms with Gasteiger partial charge >= 0.3 is 0 Å². The van der Waals surface area contributed by atoms with Gasteiger partial charge in [0.2, 0.25) is 10.0 Å². The fourth-order valence-corrected chi connectivity index (χ4v) is 3.55. The van der Waals surface area contributed by atoms with Crippen molar-refractivity contribution >= 4 is 21.4 Å². The number of thiophene rings is 1. The topological polar surface area (TPSA) is 49.4 Å². The second kappa shape index (κ2) is 6.17. The maximum Gasteiger partial charge on any atom is 0.244 e. The van der Waals surface area contributed by atoms with Crippen LogP contribution in [0.15, 0.2) is 16.3 Å². The van der Waals surface area contributed by atoms with E-state index in [0.717, 1.165) is 11.4 Å². The fraction of sp³-hybridized carbons (Fsp3) is 0.455. The minimum atomic E-state index is -3.43. The van der Waals surface area contributed by atoms with Gasteiger partial charge in [-0.25, -0.2) is 8.42 Å². The molecule has 0 unspecified atom stereocenters. The van der Waals surface area contributed by atoms with Gasteiger partial charge in [-0.1, -0.05) is 12.8 Å². The first kappa shape index (κ1) is 14.2. The lowest BCUT2D eigenvalue weighted by Crippen LogP contribution is -2.26. The van der Waals surface area contributed by atoms with Gasteiger partial charge in [0.15, 0.2) is 0 Å². The van der Waals surface area contributed by atoms with Crippen molar-refractivity contribution in [3.63, 3.8) is 0 Å². The minimum Gasteiger partial charge on any atom is -0.312 e. The third kappa shape index (κ3) is 3.54. The summed E-state index contributed by atoms with van der Waals surface area (Å²) in [7, 11) is -1.95. The molecule has 0 spiro atoms. The van der Waals surface area contributed by atoms with Crippen LogP contribution in [0.2, 0.25) is 0 Å². The first-order chi connectivity index (χ1) is 8.02. The first-order valence-electron chi connectivity index (χ1n) is 5.20. The molecule has 1 aromatic rings. The van der Waals surface area contributed by atoms with Crippen LogP contribution in [0.5, 0.6) is 0 Å². The molecule has 1 aromatic heterocycles. The Kier molecular flexibility index (Phi) is 5.15. The number of sulfonamides is 1. The zero-order valence-corrected chi connectivity index (χ0v) is 11.6. The Morgan fingerprint density at radius 1 is 1.59 bits per heavy atom. The van der Waals surface area contributed by atoms with Crippen LogP contribution < -0.4 is 5.32 Å². The van der Waals surface area contributed by atoms with E-state index in [1.54, 1.807) is 11.4 Å². The van der Waals surface area contributed by atoms with Crippen molar-refractivity contribution in [1.82, 2.24) is 9.62 Å². The summed E-state index contributed by atoms with van der Waals surface area (Å²) < 4.78 is 25.2. The molecule has 17 heavy (non-hydrogen) atoms. The van der Waals surface area contributed by atoms with Gasteiger partial charge in [-0.3, -0.25) is 0 Å². The predicted octanol–water partition coefficient (Wildman–Crippen LogP) is 1.11. The summed E-state index contributed by atoms with van der Waals surface area (Å²) in [5.41, 5.74) is 0. The lowest BCUT2D eigenvalue weighted by Gasteiger charge is -2.12. The molecule has 0 amide bonds. The normalized spacial score (nSPS) is 11.6. The third-order valence-electron chi connectivity index (χ3n) is 2.20. The van der Waals surface area contributed by atoms with Crippen molar-refractivity contribution in [1.29, 1.82) is 0 Å². The van der Waals surface area contributed by atoms with Crippen molar-refractivity contribution < 1.29 is 8.42 Å². The second-order valence-electron chi connectivity index (χ2n) is 3.49. The van der Waals surface area contributed by atoms with Gasteiger partial charge in [0, 0.05) is 23.8 Å². The van der Waals surface area contributed by atoms with Crippen molar-refractivity contribution in [3.8, 4) is 12.3 Å². The molecular formula is C11H16N2O2S2. The van der Waals surface area contributed by atoms with E-state index in [0.29, 0.717) is 11.4 Å². The van der Waals surface area contributed by atoms with Crippen molar-refractivity contribution in [3.05, 3.63) is 16.3 Å². The van der Waals surface area contributed by atoms with E-state index in [9.17, 15) is 8.42 Å². The molecule has 0 bridgehead atoms. The van der Waals surface area contributed by atoms with E-state index in [-0.39, 0.29) is 6.54 Å². The van der Waals surface area contributed by atoms with Gasteiger partial charge < -0.3 is 5.32 Å². The molecule has 0 saturated carbocycles. The Labute approximate surface area is 107 Å². The Morgan fingerprint density at radius 3 is 2.88 bits per heavy atom. The molecule has 0 radical (unpaired) electrons. The zero-order chi connectivity index (χ0) is 12.9. The van der Waals surface area contributed by atoms with Gasteiger partial charge in [-0.05, 0) is 12.6 Å². The number of nitrogens with zero attached hydrogens (tertiary/aromatic N) is 1. The maximum absolute atomic E-state index is 12.0. The van der Waals surface area contributed by atoms with Crippen LogP contribution in [0.25, 0.3) is 0 Å². The van der Waals surface area contributed by atoms with Crippen molar-refractivity contribution in [2.75, 3.05) is 20.1 Å². The summed E-state index contributed by atoms with van der Waals surface area (Å²) in [4.78, 5) is 1.31. The van der Waals surface area contributed by atoms with Crippen LogP contribution in [0.4, 0.5) is 0 Å². The Hall–Kier alpha value is -0.870. The van der Waals surface area contributed by atoms with Crippen molar-refractivity contribution in [2.24, 2.45) is 0 Å². The van der Waals surface area contributed by atoms with E-state index in [1.807, 2.05) is 6.92 Å². The molecule has 1 heterocycles. The van der Waals surface area contributed by atoms with Gasteiger partial charge in [0.1, 0.15) is 0 Å². The monoisotopic (exact) mass is 272 g/mol. The highest BCUT2D eigenvalue weighted by atomic mass is 32.2. The number of hydrogen-bond donors (Lipinski definition) is 1. The first-order valence-corrected chi connectivity index (χ1v) is 7.52. The average Bonchev–Trinajstić information content (AvgIpc) is 2.75. The molecule has 0 aliphatic heterocycles. The van der Waals surface area contributed by atoms with E-state index < -0.39 is 10.0 Å². The predicted molar refractivity (Wildman–Crippen MR) is 70.3 cm³/mol. The van der Waals surface area contributed by atoms with Gasteiger partial charge in [0.05, 0.1) is 11.4 Å². The Balaban J connectivity index is 2.86. The summed E-state index contributed by atoms with van der Waals surface area (Å²) in [6, 6.07) is 1.69. The molecule has 6 heteroatoms. The lowest BCUT2D eigenvalue weighted by atomic mass is 10.4. The van der Waals surface area contributed by atoms with Crippen LogP contribution in [0.1, 0.15) is 11.8 Å². The highest BCUT2D eigenvalue weighted by Gasteiger charge is 2.21. The van der Waals surface area contributed by atoms with Gasteiger partial charge in [-0.2, -0.15) is 4.31 Å². The van der Waals surface area contributed by atoms with E-state index in [1.165, 1.54) is 22.7 Å². The molecule has 0 atom stereocenters. The van der Waals surface area contributed by atoms with Crippen molar-refractivity contribution in [2.45, 2.75) is 18.4 Å². The summed E-state index contributed by atoms with van der Waals surface area (Å²) in [6.07, 6.45) is 5.11. The molecular weight excluding hydrogens is 256 g/mol. The van der Waals surface area contributed by atoms with E-state index in [4.69, 9.17) is 6.42 Å². The largest absolute Gasteiger partial charge is 0.312 e. The molecule has 1 N–H and O–H groups in total. The highest BCUT2D eigenvalue weighted by Crippen LogP contribution is 2.21. The van der Waals surface area contributed by atoms with Crippen LogP contribution in [0.3, 0.4) is 0 Å². The number of hydrogen-bond acceptors (Lipinski definition) is 4. The molecule has 0 fully saturated rings. The Bertz CT molecular complexity index is 500. The second-order valence-corrected chi connectivity index (χ2v) is 6.53. The van der Waals surface area contributed by atoms with Crippen LogP contribution in [0, 0.1) is 12.3 Å². The third-order valence-corrected chi connectivity index (χ3v) is 5.07. The molecule has 0 aliphatic carbocycles. The lowest BCUT2D eigenvalue weighted by molar-refractivity contribution is 0.503. The molecule has 0 saturated heterocycles. The number of nitrogens with one attached hydrogen (secondary N) is 1. The summed E-state index contributed by atoms with van der Waals surface area (Å²) in [6.45, 7) is 3.64. The number of rotatable bonds is 6. The minimum absolute atomic E-state index is 0.0841. The summed E-state index contributed by atoms with van der Waals surface area (Å²) >= 11 is 1.43. The van der Waals surface area contributed by atoms with E-state index in [2.05, 4.69) is 11.2 Å². The van der Waals surface area contributed by atoms with Crippen LogP contribution in [-0.2, 0) is 16.6 Å². The molecule has 1 rings (SSSR count). The Morgan fingerprint density at radius 2 is 2.29 bits per heavy atom. The standard InChI is InChI=1S/C11H16N2O2S2/c1-4-6-13(3)17(14,15)11-7-10(16-9-11)8-12-5-2/h1,7,9,12H,5-6,8H2,2-3H3. The smallest absolute Gasteiger partial charge is 0.244 e. The summed E-state index contributed by atoms with van der Waals surface area (Å²) in [5, 5.41) is 4.80. The fourth-order valence-electron chi connectivity index (χ4n) is 1.23. The molecule has 0 aliphatic rings. The molecule has 4 nitrogen and oxygen atoms in total. The van der Waals surface area contributed by atoms with Crippen LogP contribution >= 0.6 is 11.3 Å². The van der Waals surface area contributed by atoms with Gasteiger partial charge in [-0.15, -0.1) is 17.8 Å². The molecule has 94 valence electrons. The zero-order valence-electron chi connectivity index (χ0n) is 9.93. The highest BCUT2D eigenvalue weighted by molar-refractivity contribution is 7.89. The van der Waals surface area contributed by atoms with E-state index >= 15 is 0 Å². The number of terminal acetylenes is 1. The SMILES string of the molecule is C#CCN(C)S(=O)(=O)c1csc(CNCC)c1. The van der Waals surface area contributed by atoms with Gasteiger partial charge in [0.25, 0.3) is 0 Å². The molecule has 0 aromatic carbocycles. The quantitative estimate of drug-likeness (QED) is 0.789.